The van der Waals surface area contributed by atoms with Gasteiger partial charge in [0.1, 0.15) is 5.82 Å². The first-order valence-corrected chi connectivity index (χ1v) is 5.83. The molecule has 0 unspecified atom stereocenters. The van der Waals surface area contributed by atoms with E-state index in [1.807, 2.05) is 6.92 Å². The van der Waals surface area contributed by atoms with Crippen LogP contribution in [0.1, 0.15) is 24.7 Å². The molecule has 0 aromatic carbocycles. The van der Waals surface area contributed by atoms with E-state index < -0.39 is 5.82 Å². The summed E-state index contributed by atoms with van der Waals surface area (Å²) in [5, 5.41) is 0. The van der Waals surface area contributed by atoms with E-state index in [-0.39, 0.29) is 5.56 Å². The van der Waals surface area contributed by atoms with Gasteiger partial charge in [0, 0.05) is 23.7 Å². The van der Waals surface area contributed by atoms with Crippen LogP contribution in [-0.2, 0) is 6.42 Å². The van der Waals surface area contributed by atoms with Crippen molar-refractivity contribution < 1.29 is 4.39 Å². The molecule has 4 nitrogen and oxygen atoms in total. The van der Waals surface area contributed by atoms with Gasteiger partial charge in [0.05, 0.1) is 11.9 Å². The smallest absolute Gasteiger partial charge is 0.254 e. The summed E-state index contributed by atoms with van der Waals surface area (Å²) in [5.41, 5.74) is 0.896. The second-order valence-electron chi connectivity index (χ2n) is 4.09. The number of nitrogens with one attached hydrogen (secondary N) is 1. The molecule has 2 heterocycles. The molecule has 0 saturated heterocycles. The van der Waals surface area contributed by atoms with Crippen molar-refractivity contribution in [1.82, 2.24) is 15.0 Å². The van der Waals surface area contributed by atoms with Crippen LogP contribution in [0, 0.1) is 12.7 Å². The lowest BCUT2D eigenvalue weighted by Gasteiger charge is -2.07. The molecule has 2 rings (SSSR count). The summed E-state index contributed by atoms with van der Waals surface area (Å²) in [5.74, 6) is 0.112. The Kier molecular flexibility index (Phi) is 3.50. The van der Waals surface area contributed by atoms with E-state index in [1.54, 1.807) is 6.92 Å². The van der Waals surface area contributed by atoms with Crippen molar-refractivity contribution in [2.24, 2.45) is 0 Å². The van der Waals surface area contributed by atoms with Crippen molar-refractivity contribution in [3.8, 4) is 11.3 Å². The maximum atomic E-state index is 13.7. The minimum absolute atomic E-state index is 0.223. The van der Waals surface area contributed by atoms with Crippen LogP contribution in [0.15, 0.2) is 23.3 Å². The number of rotatable bonds is 3. The van der Waals surface area contributed by atoms with Gasteiger partial charge in [-0.25, -0.2) is 9.37 Å². The van der Waals surface area contributed by atoms with Crippen LogP contribution < -0.4 is 5.56 Å². The number of pyridine rings is 1. The molecule has 0 aliphatic carbocycles. The first-order valence-electron chi connectivity index (χ1n) is 5.83. The summed E-state index contributed by atoms with van der Waals surface area (Å²) in [6.07, 6.45) is 4.14. The highest BCUT2D eigenvalue weighted by Gasteiger charge is 2.13. The molecule has 0 radical (unpaired) electrons. The van der Waals surface area contributed by atoms with Gasteiger partial charge in [0.25, 0.3) is 5.56 Å². The molecular weight excluding hydrogens is 233 g/mol. The van der Waals surface area contributed by atoms with Crippen molar-refractivity contribution in [2.75, 3.05) is 0 Å². The largest absolute Gasteiger partial charge is 0.310 e. The van der Waals surface area contributed by atoms with Crippen molar-refractivity contribution in [2.45, 2.75) is 26.7 Å². The third kappa shape index (κ3) is 2.30. The Hall–Kier alpha value is -2.04. The van der Waals surface area contributed by atoms with Crippen molar-refractivity contribution in [3.05, 3.63) is 46.0 Å². The Morgan fingerprint density at radius 3 is 2.89 bits per heavy atom. The fourth-order valence-corrected chi connectivity index (χ4v) is 1.76. The zero-order chi connectivity index (χ0) is 13.1. The van der Waals surface area contributed by atoms with Gasteiger partial charge in [-0.1, -0.05) is 6.92 Å². The molecule has 1 N–H and O–H groups in total. The molecule has 0 saturated carbocycles. The molecular formula is C13H14FN3O. The Balaban J connectivity index is 2.63. The minimum Gasteiger partial charge on any atom is -0.310 e. The summed E-state index contributed by atoms with van der Waals surface area (Å²) in [7, 11) is 0. The molecule has 2 aromatic heterocycles. The topological polar surface area (TPSA) is 58.6 Å². The number of aromatic nitrogens is 3. The summed E-state index contributed by atoms with van der Waals surface area (Å²) in [6, 6.07) is 1.53. The fourth-order valence-electron chi connectivity index (χ4n) is 1.76. The van der Waals surface area contributed by atoms with E-state index in [9.17, 15) is 9.18 Å². The molecule has 0 aliphatic rings. The quantitative estimate of drug-likeness (QED) is 0.904. The van der Waals surface area contributed by atoms with Crippen LogP contribution in [0.5, 0.6) is 0 Å². The summed E-state index contributed by atoms with van der Waals surface area (Å²) < 4.78 is 13.7. The van der Waals surface area contributed by atoms with Gasteiger partial charge in [0.15, 0.2) is 5.82 Å². The second kappa shape index (κ2) is 5.08. The maximum absolute atomic E-state index is 13.7. The van der Waals surface area contributed by atoms with Crippen LogP contribution in [0.3, 0.4) is 0 Å². The Bertz CT molecular complexity index is 622. The number of aromatic amines is 1. The van der Waals surface area contributed by atoms with E-state index in [0.29, 0.717) is 29.1 Å². The van der Waals surface area contributed by atoms with E-state index in [4.69, 9.17) is 0 Å². The third-order valence-corrected chi connectivity index (χ3v) is 2.71. The molecule has 0 amide bonds. The monoisotopic (exact) mass is 247 g/mol. The predicted octanol–water partition coefficient (Wildman–Crippen LogP) is 2.23. The zero-order valence-corrected chi connectivity index (χ0v) is 10.3. The Morgan fingerprint density at radius 2 is 2.22 bits per heavy atom. The average Bonchev–Trinajstić information content (AvgIpc) is 2.35. The SMILES string of the molecule is CCCc1nc(-c2ccncc2F)c(C)c(=O)[nH]1. The van der Waals surface area contributed by atoms with Crippen molar-refractivity contribution >= 4 is 0 Å². The van der Waals surface area contributed by atoms with Gasteiger partial charge in [0.2, 0.25) is 0 Å². The summed E-state index contributed by atoms with van der Waals surface area (Å²) >= 11 is 0. The van der Waals surface area contributed by atoms with Gasteiger partial charge in [-0.05, 0) is 19.4 Å². The second-order valence-corrected chi connectivity index (χ2v) is 4.09. The minimum atomic E-state index is -0.471. The van der Waals surface area contributed by atoms with Crippen LogP contribution >= 0.6 is 0 Å². The molecule has 0 fully saturated rings. The molecule has 0 spiro atoms. The highest BCUT2D eigenvalue weighted by Crippen LogP contribution is 2.21. The van der Waals surface area contributed by atoms with Crippen LogP contribution in [0.25, 0.3) is 11.3 Å². The number of H-pyrrole nitrogens is 1. The lowest BCUT2D eigenvalue weighted by atomic mass is 10.1. The van der Waals surface area contributed by atoms with Gasteiger partial charge in [-0.15, -0.1) is 0 Å². The highest BCUT2D eigenvalue weighted by atomic mass is 19.1. The van der Waals surface area contributed by atoms with Crippen LogP contribution in [-0.4, -0.2) is 15.0 Å². The lowest BCUT2D eigenvalue weighted by Crippen LogP contribution is -2.16. The van der Waals surface area contributed by atoms with Crippen molar-refractivity contribution in [1.29, 1.82) is 0 Å². The fraction of sp³-hybridized carbons (Fsp3) is 0.308. The third-order valence-electron chi connectivity index (χ3n) is 2.71. The van der Waals surface area contributed by atoms with Crippen LogP contribution in [0.2, 0.25) is 0 Å². The van der Waals surface area contributed by atoms with E-state index in [0.717, 1.165) is 12.6 Å². The van der Waals surface area contributed by atoms with E-state index in [1.165, 1.54) is 12.3 Å². The zero-order valence-electron chi connectivity index (χ0n) is 10.3. The summed E-state index contributed by atoms with van der Waals surface area (Å²) in [6.45, 7) is 3.63. The molecule has 0 bridgehead atoms. The first-order chi connectivity index (χ1) is 8.63. The average molecular weight is 247 g/mol. The lowest BCUT2D eigenvalue weighted by molar-refractivity contribution is 0.624. The van der Waals surface area contributed by atoms with E-state index >= 15 is 0 Å². The molecule has 5 heteroatoms. The van der Waals surface area contributed by atoms with Gasteiger partial charge in [-0.3, -0.25) is 9.78 Å². The standard InChI is InChI=1S/C13H14FN3O/c1-3-4-11-16-12(8(2)13(18)17-11)9-5-6-15-7-10(9)14/h5-7H,3-4H2,1-2H3,(H,16,17,18). The number of nitrogens with zero attached hydrogens (tertiary/aromatic N) is 2. The molecule has 94 valence electrons. The van der Waals surface area contributed by atoms with Gasteiger partial charge >= 0.3 is 0 Å². The predicted molar refractivity (Wildman–Crippen MR) is 66.8 cm³/mol. The Morgan fingerprint density at radius 1 is 1.44 bits per heavy atom. The number of halogens is 1. The highest BCUT2D eigenvalue weighted by molar-refractivity contribution is 5.62. The molecule has 0 atom stereocenters. The Labute approximate surface area is 104 Å². The normalized spacial score (nSPS) is 10.6. The van der Waals surface area contributed by atoms with Crippen molar-refractivity contribution in [3.63, 3.8) is 0 Å². The molecule has 18 heavy (non-hydrogen) atoms. The van der Waals surface area contributed by atoms with E-state index in [2.05, 4.69) is 15.0 Å². The number of aryl methyl sites for hydroxylation is 1. The van der Waals surface area contributed by atoms with Crippen LogP contribution in [0.4, 0.5) is 4.39 Å². The summed E-state index contributed by atoms with van der Waals surface area (Å²) in [4.78, 5) is 22.5. The van der Waals surface area contributed by atoms with Gasteiger partial charge < -0.3 is 4.98 Å². The molecule has 2 aromatic rings. The maximum Gasteiger partial charge on any atom is 0.254 e. The number of hydrogen-bond acceptors (Lipinski definition) is 3. The van der Waals surface area contributed by atoms with Gasteiger partial charge in [-0.2, -0.15) is 0 Å². The number of hydrogen-bond donors (Lipinski definition) is 1. The molecule has 0 aliphatic heterocycles. The first kappa shape index (κ1) is 12.4.